The summed E-state index contributed by atoms with van der Waals surface area (Å²) in [6, 6.07) is 0. The predicted octanol–water partition coefficient (Wildman–Crippen LogP) is 2.53. The Morgan fingerprint density at radius 1 is 1.14 bits per heavy atom. The Morgan fingerprint density at radius 2 is 1.79 bits per heavy atom. The van der Waals surface area contributed by atoms with E-state index in [0.29, 0.717) is 5.41 Å². The van der Waals surface area contributed by atoms with E-state index in [1.807, 2.05) is 0 Å². The smallest absolute Gasteiger partial charge is 0.0201 e. The van der Waals surface area contributed by atoms with Crippen LogP contribution >= 0.6 is 22.9 Å². The van der Waals surface area contributed by atoms with Crippen LogP contribution < -0.4 is 0 Å². The molecule has 0 aromatic heterocycles. The average Bonchev–Trinajstić information content (AvgIpc) is 2.53. The zero-order valence-corrected chi connectivity index (χ0v) is 11.3. The van der Waals surface area contributed by atoms with Gasteiger partial charge in [0.05, 0.1) is 0 Å². The highest BCUT2D eigenvalue weighted by molar-refractivity contribution is 14.1. The molecular formula is C11H21IN2. The highest BCUT2D eigenvalue weighted by atomic mass is 127. The summed E-state index contributed by atoms with van der Waals surface area (Å²) in [6.45, 7) is 8.94. The molecule has 2 aliphatic rings. The molecule has 0 aliphatic carbocycles. The third-order valence-electron chi connectivity index (χ3n) is 3.85. The summed E-state index contributed by atoms with van der Waals surface area (Å²) in [5.74, 6) is 0. The Hall–Kier alpha value is 0.650. The van der Waals surface area contributed by atoms with Gasteiger partial charge in [0.1, 0.15) is 0 Å². The molecule has 2 rings (SSSR count). The van der Waals surface area contributed by atoms with Crippen molar-refractivity contribution < 1.29 is 0 Å². The van der Waals surface area contributed by atoms with Crippen molar-refractivity contribution in [1.82, 2.24) is 8.01 Å². The summed E-state index contributed by atoms with van der Waals surface area (Å²) in [4.78, 5) is 2.64. The highest BCUT2D eigenvalue weighted by Crippen LogP contribution is 2.41. The molecule has 1 spiro atoms. The number of piperidine rings is 1. The second kappa shape index (κ2) is 4.66. The maximum Gasteiger partial charge on any atom is 0.0201 e. The van der Waals surface area contributed by atoms with Gasteiger partial charge >= 0.3 is 0 Å². The van der Waals surface area contributed by atoms with Gasteiger partial charge in [0.25, 0.3) is 0 Å². The topological polar surface area (TPSA) is 6.48 Å². The van der Waals surface area contributed by atoms with E-state index in [2.05, 4.69) is 37.8 Å². The monoisotopic (exact) mass is 308 g/mol. The van der Waals surface area contributed by atoms with E-state index in [1.54, 1.807) is 0 Å². The molecule has 3 heteroatoms. The molecule has 0 aromatic rings. The summed E-state index contributed by atoms with van der Waals surface area (Å²) in [5.41, 5.74) is 0.700. The van der Waals surface area contributed by atoms with Crippen molar-refractivity contribution in [2.24, 2.45) is 5.41 Å². The molecule has 0 bridgehead atoms. The summed E-state index contributed by atoms with van der Waals surface area (Å²) in [5, 5.41) is 0. The van der Waals surface area contributed by atoms with Crippen molar-refractivity contribution >= 4 is 22.9 Å². The van der Waals surface area contributed by atoms with Gasteiger partial charge in [0.15, 0.2) is 0 Å². The minimum Gasteiger partial charge on any atom is -0.303 e. The van der Waals surface area contributed by atoms with Gasteiger partial charge in [-0.1, -0.05) is 6.92 Å². The Bertz CT molecular complexity index is 188. The number of hydrogen-bond donors (Lipinski definition) is 0. The van der Waals surface area contributed by atoms with Gasteiger partial charge in [-0.3, -0.25) is 0 Å². The molecule has 0 aromatic carbocycles. The lowest BCUT2D eigenvalue weighted by molar-refractivity contribution is 0.116. The minimum atomic E-state index is 0.700. The van der Waals surface area contributed by atoms with Crippen LogP contribution in [0, 0.1) is 5.41 Å². The number of hydrogen-bond acceptors (Lipinski definition) is 2. The second-order valence-corrected chi connectivity index (χ2v) is 6.30. The number of likely N-dealkylation sites (tertiary alicyclic amines) is 1. The highest BCUT2D eigenvalue weighted by Gasteiger charge is 2.39. The molecule has 0 unspecified atom stereocenters. The van der Waals surface area contributed by atoms with E-state index in [0.717, 1.165) is 0 Å². The van der Waals surface area contributed by atoms with Gasteiger partial charge in [-0.2, -0.15) is 0 Å². The van der Waals surface area contributed by atoms with Crippen LogP contribution in [0.3, 0.4) is 0 Å². The lowest BCUT2D eigenvalue weighted by Crippen LogP contribution is -2.41. The van der Waals surface area contributed by atoms with Crippen LogP contribution in [0.2, 0.25) is 0 Å². The molecule has 2 saturated heterocycles. The second-order valence-electron chi connectivity index (χ2n) is 4.94. The lowest BCUT2D eigenvalue weighted by Gasteiger charge is -2.39. The summed E-state index contributed by atoms with van der Waals surface area (Å²) >= 11 is 2.49. The normalized spacial score (nSPS) is 28.7. The number of nitrogens with zero attached hydrogens (tertiary/aromatic N) is 2. The molecule has 2 aliphatic heterocycles. The summed E-state index contributed by atoms with van der Waals surface area (Å²) in [6.07, 6.45) is 5.63. The Balaban J connectivity index is 1.83. The van der Waals surface area contributed by atoms with Crippen molar-refractivity contribution in [3.8, 4) is 0 Å². The molecule has 14 heavy (non-hydrogen) atoms. The van der Waals surface area contributed by atoms with E-state index in [9.17, 15) is 0 Å². The molecule has 2 fully saturated rings. The van der Waals surface area contributed by atoms with Crippen LogP contribution in [0.5, 0.6) is 0 Å². The molecule has 0 saturated carbocycles. The van der Waals surface area contributed by atoms with Gasteiger partial charge in [-0.25, -0.2) is 3.11 Å². The minimum absolute atomic E-state index is 0.700. The van der Waals surface area contributed by atoms with Crippen LogP contribution in [0.4, 0.5) is 0 Å². The fraction of sp³-hybridized carbons (Fsp3) is 1.00. The van der Waals surface area contributed by atoms with Gasteiger partial charge in [0, 0.05) is 36.0 Å². The summed E-state index contributed by atoms with van der Waals surface area (Å²) in [7, 11) is 0. The molecule has 2 heterocycles. The van der Waals surface area contributed by atoms with Crippen LogP contribution in [-0.2, 0) is 0 Å². The van der Waals surface area contributed by atoms with Crippen molar-refractivity contribution in [2.75, 3.05) is 32.7 Å². The maximum absolute atomic E-state index is 2.64. The van der Waals surface area contributed by atoms with Crippen molar-refractivity contribution in [1.29, 1.82) is 0 Å². The molecule has 0 radical (unpaired) electrons. The first kappa shape index (κ1) is 11.1. The molecule has 82 valence electrons. The first-order valence-corrected chi connectivity index (χ1v) is 6.84. The SMILES string of the molecule is CCCN1CCC2(CCN(I)C2)CC1. The molecule has 0 atom stereocenters. The Morgan fingerprint density at radius 3 is 2.29 bits per heavy atom. The first-order valence-electron chi connectivity index (χ1n) is 5.87. The largest absolute Gasteiger partial charge is 0.303 e. The number of rotatable bonds is 2. The van der Waals surface area contributed by atoms with E-state index < -0.39 is 0 Å². The average molecular weight is 308 g/mol. The fourth-order valence-electron chi connectivity index (χ4n) is 2.86. The van der Waals surface area contributed by atoms with E-state index in [-0.39, 0.29) is 0 Å². The third-order valence-corrected chi connectivity index (χ3v) is 4.67. The molecule has 2 nitrogen and oxygen atoms in total. The lowest BCUT2D eigenvalue weighted by atomic mass is 9.78. The third kappa shape index (κ3) is 2.42. The van der Waals surface area contributed by atoms with Crippen molar-refractivity contribution in [3.05, 3.63) is 0 Å². The van der Waals surface area contributed by atoms with Gasteiger partial charge in [0.2, 0.25) is 0 Å². The molecule has 0 amide bonds. The van der Waals surface area contributed by atoms with Crippen LogP contribution in [0.25, 0.3) is 0 Å². The first-order chi connectivity index (χ1) is 6.74. The maximum atomic E-state index is 2.64. The standard InChI is InChI=1S/C11H21IN2/c1-2-6-13-7-3-11(4-8-13)5-9-14(12)10-11/h2-10H2,1H3. The van der Waals surface area contributed by atoms with Gasteiger partial charge in [-0.05, 0) is 50.7 Å². The predicted molar refractivity (Wildman–Crippen MR) is 68.6 cm³/mol. The van der Waals surface area contributed by atoms with Crippen LogP contribution in [-0.4, -0.2) is 40.7 Å². The molecule has 0 N–H and O–H groups in total. The number of halogens is 1. The zero-order chi connectivity index (χ0) is 10.0. The fourth-order valence-corrected chi connectivity index (χ4v) is 3.82. The van der Waals surface area contributed by atoms with E-state index in [1.165, 1.54) is 58.4 Å². The van der Waals surface area contributed by atoms with E-state index in [4.69, 9.17) is 0 Å². The quantitative estimate of drug-likeness (QED) is 0.571. The van der Waals surface area contributed by atoms with Gasteiger partial charge in [-0.15, -0.1) is 0 Å². The molecular weight excluding hydrogens is 287 g/mol. The van der Waals surface area contributed by atoms with Crippen molar-refractivity contribution in [3.63, 3.8) is 0 Å². The van der Waals surface area contributed by atoms with Gasteiger partial charge < -0.3 is 4.90 Å². The van der Waals surface area contributed by atoms with Crippen LogP contribution in [0.1, 0.15) is 32.6 Å². The summed E-state index contributed by atoms with van der Waals surface area (Å²) < 4.78 is 2.48. The zero-order valence-electron chi connectivity index (χ0n) is 9.14. The van der Waals surface area contributed by atoms with E-state index >= 15 is 0 Å². The van der Waals surface area contributed by atoms with Crippen LogP contribution in [0.15, 0.2) is 0 Å². The van der Waals surface area contributed by atoms with Crippen molar-refractivity contribution in [2.45, 2.75) is 32.6 Å². The Labute approximate surface area is 102 Å². The Kier molecular flexibility index (Phi) is 3.71.